The summed E-state index contributed by atoms with van der Waals surface area (Å²) in [6.07, 6.45) is 1.05. The first-order valence-corrected chi connectivity index (χ1v) is 8.20. The summed E-state index contributed by atoms with van der Waals surface area (Å²) in [5.74, 6) is 0.887. The Morgan fingerprint density at radius 2 is 1.74 bits per heavy atom. The van der Waals surface area contributed by atoms with Crippen molar-refractivity contribution >= 4 is 0 Å². The van der Waals surface area contributed by atoms with Gasteiger partial charge < -0.3 is 14.8 Å². The summed E-state index contributed by atoms with van der Waals surface area (Å²) < 4.78 is 10.6. The summed E-state index contributed by atoms with van der Waals surface area (Å²) in [5, 5.41) is 3.59. The number of ether oxygens (including phenoxy) is 2. The average molecular weight is 313 g/mol. The first-order chi connectivity index (χ1) is 11.2. The van der Waals surface area contributed by atoms with Crippen LogP contribution in [0.4, 0.5) is 0 Å². The highest BCUT2D eigenvalue weighted by molar-refractivity contribution is 5.29. The molecule has 0 fully saturated rings. The van der Waals surface area contributed by atoms with Crippen molar-refractivity contribution in [1.29, 1.82) is 0 Å². The van der Waals surface area contributed by atoms with Crippen molar-refractivity contribution in [2.75, 3.05) is 26.9 Å². The maximum absolute atomic E-state index is 5.59. The summed E-state index contributed by atoms with van der Waals surface area (Å²) in [7, 11) is 1.68. The summed E-state index contributed by atoms with van der Waals surface area (Å²) in [4.78, 5) is 0. The van der Waals surface area contributed by atoms with Crippen molar-refractivity contribution in [3.8, 4) is 5.75 Å². The molecule has 0 bridgehead atoms. The maximum Gasteiger partial charge on any atom is 0.119 e. The van der Waals surface area contributed by atoms with E-state index in [2.05, 4.69) is 55.6 Å². The molecule has 3 nitrogen and oxygen atoms in total. The van der Waals surface area contributed by atoms with E-state index in [4.69, 9.17) is 9.47 Å². The van der Waals surface area contributed by atoms with E-state index < -0.39 is 0 Å². The van der Waals surface area contributed by atoms with E-state index in [1.807, 2.05) is 12.1 Å². The highest BCUT2D eigenvalue weighted by Crippen LogP contribution is 2.17. The summed E-state index contributed by atoms with van der Waals surface area (Å²) in [6, 6.07) is 17.2. The van der Waals surface area contributed by atoms with Gasteiger partial charge in [0.25, 0.3) is 0 Å². The minimum atomic E-state index is 0.326. The van der Waals surface area contributed by atoms with Gasteiger partial charge in [-0.25, -0.2) is 0 Å². The van der Waals surface area contributed by atoms with Gasteiger partial charge >= 0.3 is 0 Å². The van der Waals surface area contributed by atoms with E-state index in [-0.39, 0.29) is 0 Å². The number of hydrogen-bond donors (Lipinski definition) is 1. The van der Waals surface area contributed by atoms with Crippen LogP contribution < -0.4 is 10.1 Å². The lowest BCUT2D eigenvalue weighted by atomic mass is 10.0. The minimum Gasteiger partial charge on any atom is -0.491 e. The predicted octanol–water partition coefficient (Wildman–Crippen LogP) is 3.91. The molecule has 2 rings (SSSR count). The van der Waals surface area contributed by atoms with Gasteiger partial charge in [0.1, 0.15) is 12.4 Å². The van der Waals surface area contributed by atoms with E-state index in [0.717, 1.165) is 18.7 Å². The molecular weight excluding hydrogens is 286 g/mol. The van der Waals surface area contributed by atoms with Crippen molar-refractivity contribution in [3.63, 3.8) is 0 Å². The lowest BCUT2D eigenvalue weighted by molar-refractivity contribution is 0.146. The largest absolute Gasteiger partial charge is 0.491 e. The van der Waals surface area contributed by atoms with Gasteiger partial charge in [-0.1, -0.05) is 36.4 Å². The van der Waals surface area contributed by atoms with Crippen LogP contribution in [-0.2, 0) is 11.2 Å². The van der Waals surface area contributed by atoms with Gasteiger partial charge in [0.2, 0.25) is 0 Å². The number of nitrogens with one attached hydrogen (secondary N) is 1. The molecule has 0 aliphatic carbocycles. The van der Waals surface area contributed by atoms with E-state index >= 15 is 0 Å². The molecule has 0 amide bonds. The second kappa shape index (κ2) is 9.33. The lowest BCUT2D eigenvalue weighted by Crippen LogP contribution is -2.21. The van der Waals surface area contributed by atoms with Gasteiger partial charge in [-0.05, 0) is 55.6 Å². The smallest absolute Gasteiger partial charge is 0.119 e. The van der Waals surface area contributed by atoms with Crippen molar-refractivity contribution in [2.45, 2.75) is 26.3 Å². The van der Waals surface area contributed by atoms with Crippen LogP contribution in [0.25, 0.3) is 0 Å². The van der Waals surface area contributed by atoms with Crippen molar-refractivity contribution in [2.24, 2.45) is 0 Å². The molecule has 1 N–H and O–H groups in total. The molecular formula is C20H27NO2. The van der Waals surface area contributed by atoms with Crippen LogP contribution >= 0.6 is 0 Å². The fourth-order valence-corrected chi connectivity index (χ4v) is 2.53. The fraction of sp³-hybridized carbons (Fsp3) is 0.400. The summed E-state index contributed by atoms with van der Waals surface area (Å²) >= 11 is 0. The predicted molar refractivity (Wildman–Crippen MR) is 95.1 cm³/mol. The Kier molecular flexibility index (Phi) is 7.11. The van der Waals surface area contributed by atoms with Crippen molar-refractivity contribution in [3.05, 3.63) is 65.2 Å². The van der Waals surface area contributed by atoms with Crippen LogP contribution in [0.3, 0.4) is 0 Å². The van der Waals surface area contributed by atoms with Gasteiger partial charge in [0, 0.05) is 13.2 Å². The molecule has 0 heterocycles. The van der Waals surface area contributed by atoms with Crippen LogP contribution in [0.2, 0.25) is 0 Å². The van der Waals surface area contributed by atoms with E-state index in [9.17, 15) is 0 Å². The third-order valence-corrected chi connectivity index (χ3v) is 4.04. The molecule has 0 aromatic heterocycles. The molecule has 1 unspecified atom stereocenters. The molecule has 1 atom stereocenters. The quantitative estimate of drug-likeness (QED) is 0.712. The van der Waals surface area contributed by atoms with Crippen LogP contribution in [0.5, 0.6) is 5.75 Å². The number of rotatable bonds is 9. The highest BCUT2D eigenvalue weighted by Gasteiger charge is 2.05. The molecule has 0 spiro atoms. The van der Waals surface area contributed by atoms with Crippen LogP contribution in [-0.4, -0.2) is 26.9 Å². The Balaban J connectivity index is 1.79. The second-order valence-electron chi connectivity index (χ2n) is 5.76. The zero-order valence-electron chi connectivity index (χ0n) is 14.3. The Bertz CT molecular complexity index is 580. The Morgan fingerprint density at radius 3 is 2.43 bits per heavy atom. The third-order valence-electron chi connectivity index (χ3n) is 4.04. The zero-order chi connectivity index (χ0) is 16.5. The molecule has 0 aliphatic rings. The number of aryl methyl sites for hydroxylation is 1. The molecule has 0 saturated carbocycles. The second-order valence-corrected chi connectivity index (χ2v) is 5.76. The minimum absolute atomic E-state index is 0.326. The first-order valence-electron chi connectivity index (χ1n) is 8.20. The maximum atomic E-state index is 5.59. The molecule has 23 heavy (non-hydrogen) atoms. The molecule has 2 aromatic carbocycles. The van der Waals surface area contributed by atoms with E-state index in [0.29, 0.717) is 19.3 Å². The molecule has 2 aromatic rings. The third kappa shape index (κ3) is 5.70. The fourth-order valence-electron chi connectivity index (χ4n) is 2.53. The Labute approximate surface area is 139 Å². The number of hydrogen-bond acceptors (Lipinski definition) is 3. The SMILES string of the molecule is COCCOc1ccc(C(C)NCCc2ccccc2C)cc1. The normalized spacial score (nSPS) is 12.1. The molecule has 0 saturated heterocycles. The average Bonchev–Trinajstić information content (AvgIpc) is 2.57. The molecule has 124 valence electrons. The topological polar surface area (TPSA) is 30.5 Å². The van der Waals surface area contributed by atoms with Crippen LogP contribution in [0, 0.1) is 6.92 Å². The van der Waals surface area contributed by atoms with Crippen LogP contribution in [0.15, 0.2) is 48.5 Å². The first kappa shape index (κ1) is 17.5. The van der Waals surface area contributed by atoms with Gasteiger partial charge in [0.15, 0.2) is 0 Å². The van der Waals surface area contributed by atoms with Gasteiger partial charge in [0.05, 0.1) is 6.61 Å². The van der Waals surface area contributed by atoms with Crippen LogP contribution in [0.1, 0.15) is 29.7 Å². The highest BCUT2D eigenvalue weighted by atomic mass is 16.5. The van der Waals surface area contributed by atoms with Crippen molar-refractivity contribution in [1.82, 2.24) is 5.32 Å². The van der Waals surface area contributed by atoms with Gasteiger partial charge in [-0.3, -0.25) is 0 Å². The molecule has 0 radical (unpaired) electrons. The van der Waals surface area contributed by atoms with E-state index in [1.165, 1.54) is 16.7 Å². The lowest BCUT2D eigenvalue weighted by Gasteiger charge is -2.15. The standard InChI is InChI=1S/C20H27NO2/c1-16-6-4-5-7-18(16)12-13-21-17(2)19-8-10-20(11-9-19)23-15-14-22-3/h4-11,17,21H,12-15H2,1-3H3. The number of methoxy groups -OCH3 is 1. The molecule has 3 heteroatoms. The zero-order valence-corrected chi connectivity index (χ0v) is 14.3. The molecule has 0 aliphatic heterocycles. The number of benzene rings is 2. The van der Waals surface area contributed by atoms with Gasteiger partial charge in [-0.15, -0.1) is 0 Å². The summed E-state index contributed by atoms with van der Waals surface area (Å²) in [6.45, 7) is 6.52. The van der Waals surface area contributed by atoms with Gasteiger partial charge in [-0.2, -0.15) is 0 Å². The Hall–Kier alpha value is -1.84. The van der Waals surface area contributed by atoms with Crippen molar-refractivity contribution < 1.29 is 9.47 Å². The summed E-state index contributed by atoms with van der Waals surface area (Å²) in [5.41, 5.74) is 4.04. The monoisotopic (exact) mass is 313 g/mol. The Morgan fingerprint density at radius 1 is 1.00 bits per heavy atom. The van der Waals surface area contributed by atoms with E-state index in [1.54, 1.807) is 7.11 Å².